The van der Waals surface area contributed by atoms with Crippen molar-refractivity contribution in [2.45, 2.75) is 25.9 Å². The van der Waals surface area contributed by atoms with Gasteiger partial charge in [0.25, 0.3) is 0 Å². The van der Waals surface area contributed by atoms with E-state index in [0.29, 0.717) is 34.5 Å². The largest absolute Gasteiger partial charge is 0.493 e. The fourth-order valence-corrected chi connectivity index (χ4v) is 5.38. The molecule has 2 aliphatic rings. The second-order valence-corrected chi connectivity index (χ2v) is 9.64. The minimum absolute atomic E-state index is 0.0462. The van der Waals surface area contributed by atoms with Gasteiger partial charge in [0, 0.05) is 19.3 Å². The van der Waals surface area contributed by atoms with Gasteiger partial charge >= 0.3 is 5.97 Å². The van der Waals surface area contributed by atoms with E-state index in [1.54, 1.807) is 39.2 Å². The summed E-state index contributed by atoms with van der Waals surface area (Å²) in [5.41, 5.74) is 3.52. The maximum atomic E-state index is 13.3. The maximum Gasteiger partial charge on any atom is 0.338 e. The molecule has 1 amide bonds. The average Bonchev–Trinajstić information content (AvgIpc) is 3.32. The summed E-state index contributed by atoms with van der Waals surface area (Å²) in [6.07, 6.45) is 1.67. The van der Waals surface area contributed by atoms with Crippen LogP contribution in [0.4, 0.5) is 0 Å². The average molecular weight is 534 g/mol. The Bertz CT molecular complexity index is 1320. The molecule has 0 bridgehead atoms. The Balaban J connectivity index is 1.69. The maximum absolute atomic E-state index is 13.3. The molecule has 38 heavy (non-hydrogen) atoms. The molecule has 198 valence electrons. The number of nitrogens with zero attached hydrogens (tertiary/aromatic N) is 3. The van der Waals surface area contributed by atoms with Gasteiger partial charge in [-0.25, -0.2) is 9.79 Å². The number of esters is 1. The van der Waals surface area contributed by atoms with Crippen LogP contribution in [-0.2, 0) is 20.9 Å². The number of ether oxygens (including phenoxy) is 3. The molecule has 0 aromatic heterocycles. The Kier molecular flexibility index (Phi) is 8.58. The van der Waals surface area contributed by atoms with Crippen LogP contribution in [0.2, 0.25) is 0 Å². The van der Waals surface area contributed by atoms with Crippen LogP contribution in [-0.4, -0.2) is 54.7 Å². The molecule has 2 aromatic carbocycles. The summed E-state index contributed by atoms with van der Waals surface area (Å²) in [7, 11) is 4.92. The molecule has 2 aliphatic heterocycles. The Labute approximate surface area is 227 Å². The normalized spacial score (nSPS) is 16.3. The van der Waals surface area contributed by atoms with E-state index in [1.165, 1.54) is 17.8 Å². The summed E-state index contributed by atoms with van der Waals surface area (Å²) >= 11 is 1.43. The molecule has 0 aliphatic carbocycles. The smallest absolute Gasteiger partial charge is 0.338 e. The number of fused-ring (bicyclic) bond motifs is 1. The number of allylic oxidation sites excluding steroid dienone is 1. The molecule has 2 heterocycles. The fraction of sp³-hybridized carbons (Fsp3) is 0.276. The molecular formula is C29H31N3O5S. The van der Waals surface area contributed by atoms with Gasteiger partial charge in [-0.2, -0.15) is 0 Å². The van der Waals surface area contributed by atoms with Crippen molar-refractivity contribution in [2.24, 2.45) is 4.99 Å². The van der Waals surface area contributed by atoms with Crippen LogP contribution in [0.3, 0.4) is 0 Å². The van der Waals surface area contributed by atoms with Crippen molar-refractivity contribution in [1.29, 1.82) is 0 Å². The first-order valence-corrected chi connectivity index (χ1v) is 13.0. The van der Waals surface area contributed by atoms with Gasteiger partial charge in [0.1, 0.15) is 6.61 Å². The molecule has 0 N–H and O–H groups in total. The van der Waals surface area contributed by atoms with Gasteiger partial charge in [-0.15, -0.1) is 0 Å². The highest BCUT2D eigenvalue weighted by Crippen LogP contribution is 2.46. The third kappa shape index (κ3) is 5.62. The van der Waals surface area contributed by atoms with Crippen LogP contribution in [0.25, 0.3) is 0 Å². The minimum atomic E-state index is -0.576. The summed E-state index contributed by atoms with van der Waals surface area (Å²) in [5.74, 6) is 0.562. The third-order valence-corrected chi connectivity index (χ3v) is 7.19. The van der Waals surface area contributed by atoms with Gasteiger partial charge in [0.2, 0.25) is 5.91 Å². The second kappa shape index (κ2) is 12.0. The number of benzene rings is 2. The number of carbonyl (C=O) groups excluding carboxylic acids is 2. The molecule has 1 atom stereocenters. The standard InChI is InChI=1S/C29H31N3O5S/c1-6-14-37-28(34)26-19(2)30-29-32(27(26)21-12-13-23(35-4)24(15-21)36-5)22(18-38-29)16-25(33)31(3)17-20-10-8-7-9-11-20/h6-13,15,18,27H,1,14,16-17H2,2-5H3. The number of thioether (sulfide) groups is 1. The van der Waals surface area contributed by atoms with Gasteiger partial charge in [-0.1, -0.05) is 60.8 Å². The molecular weight excluding hydrogens is 502 g/mol. The van der Waals surface area contributed by atoms with Gasteiger partial charge in [0.05, 0.1) is 38.0 Å². The molecule has 0 spiro atoms. The third-order valence-electron chi connectivity index (χ3n) is 6.30. The topological polar surface area (TPSA) is 80.7 Å². The van der Waals surface area contributed by atoms with Gasteiger partial charge < -0.3 is 24.0 Å². The van der Waals surface area contributed by atoms with Crippen LogP contribution < -0.4 is 9.47 Å². The highest BCUT2D eigenvalue weighted by atomic mass is 32.2. The predicted molar refractivity (Wildman–Crippen MR) is 149 cm³/mol. The molecule has 9 heteroatoms. The van der Waals surface area contributed by atoms with Crippen molar-refractivity contribution in [3.8, 4) is 11.5 Å². The fourth-order valence-electron chi connectivity index (χ4n) is 4.42. The summed E-state index contributed by atoms with van der Waals surface area (Å²) in [6.45, 7) is 6.01. The first-order valence-electron chi connectivity index (χ1n) is 12.1. The summed E-state index contributed by atoms with van der Waals surface area (Å²) in [5, 5.41) is 2.61. The lowest BCUT2D eigenvalue weighted by Crippen LogP contribution is -2.38. The van der Waals surface area contributed by atoms with Crippen LogP contribution >= 0.6 is 11.8 Å². The van der Waals surface area contributed by atoms with Crippen molar-refractivity contribution in [1.82, 2.24) is 9.80 Å². The molecule has 0 saturated carbocycles. The number of amides is 1. The zero-order valence-electron chi connectivity index (χ0n) is 22.0. The number of aliphatic imine (C=N–C) groups is 1. The molecule has 4 rings (SSSR count). The monoisotopic (exact) mass is 533 g/mol. The number of methoxy groups -OCH3 is 2. The van der Waals surface area contributed by atoms with E-state index in [9.17, 15) is 9.59 Å². The molecule has 0 radical (unpaired) electrons. The Hall–Kier alpha value is -3.98. The second-order valence-electron chi connectivity index (χ2n) is 8.81. The molecule has 0 fully saturated rings. The predicted octanol–water partition coefficient (Wildman–Crippen LogP) is 5.06. The van der Waals surface area contributed by atoms with E-state index in [4.69, 9.17) is 19.2 Å². The van der Waals surface area contributed by atoms with Crippen LogP contribution in [0.1, 0.15) is 30.5 Å². The lowest BCUT2D eigenvalue weighted by molar-refractivity contribution is -0.138. The van der Waals surface area contributed by atoms with Crippen LogP contribution in [0, 0.1) is 0 Å². The van der Waals surface area contributed by atoms with E-state index >= 15 is 0 Å². The Morgan fingerprint density at radius 1 is 1.13 bits per heavy atom. The van der Waals surface area contributed by atoms with Crippen molar-refractivity contribution in [3.05, 3.63) is 94.7 Å². The minimum Gasteiger partial charge on any atom is -0.493 e. The highest BCUT2D eigenvalue weighted by Gasteiger charge is 2.41. The zero-order valence-corrected chi connectivity index (χ0v) is 22.8. The van der Waals surface area contributed by atoms with E-state index in [0.717, 1.165) is 16.8 Å². The number of amidine groups is 1. The van der Waals surface area contributed by atoms with Crippen molar-refractivity contribution >= 4 is 28.8 Å². The summed E-state index contributed by atoms with van der Waals surface area (Å²) < 4.78 is 16.4. The highest BCUT2D eigenvalue weighted by molar-refractivity contribution is 8.16. The Morgan fingerprint density at radius 3 is 2.55 bits per heavy atom. The molecule has 2 aromatic rings. The van der Waals surface area contributed by atoms with Crippen LogP contribution in [0.5, 0.6) is 11.5 Å². The number of hydrogen-bond donors (Lipinski definition) is 0. The molecule has 8 nitrogen and oxygen atoms in total. The number of rotatable bonds is 10. The lowest BCUT2D eigenvalue weighted by atomic mass is 9.93. The van der Waals surface area contributed by atoms with Gasteiger partial charge in [-0.3, -0.25) is 4.79 Å². The van der Waals surface area contributed by atoms with E-state index in [2.05, 4.69) is 6.58 Å². The summed E-state index contributed by atoms with van der Waals surface area (Å²) in [6, 6.07) is 14.8. The molecule has 0 saturated heterocycles. The zero-order chi connectivity index (χ0) is 27.2. The Morgan fingerprint density at radius 2 is 1.87 bits per heavy atom. The molecule has 1 unspecified atom stereocenters. The first-order chi connectivity index (χ1) is 18.4. The van der Waals surface area contributed by atoms with E-state index in [-0.39, 0.29) is 18.9 Å². The van der Waals surface area contributed by atoms with Crippen molar-refractivity contribution in [3.63, 3.8) is 0 Å². The van der Waals surface area contributed by atoms with Crippen molar-refractivity contribution in [2.75, 3.05) is 27.9 Å². The van der Waals surface area contributed by atoms with Crippen LogP contribution in [0.15, 0.2) is 88.6 Å². The summed E-state index contributed by atoms with van der Waals surface area (Å²) in [4.78, 5) is 34.9. The first kappa shape index (κ1) is 27.1. The van der Waals surface area contributed by atoms with Crippen molar-refractivity contribution < 1.29 is 23.8 Å². The van der Waals surface area contributed by atoms with Gasteiger partial charge in [-0.05, 0) is 35.6 Å². The quantitative estimate of drug-likeness (QED) is 0.312. The number of hydrogen-bond acceptors (Lipinski definition) is 8. The SMILES string of the molecule is C=CCOC(=O)C1=C(C)N=C2SC=C(CC(=O)N(C)Cc3ccccc3)N2C1c1ccc(OC)c(OC)c1. The van der Waals surface area contributed by atoms with E-state index in [1.807, 2.05) is 52.8 Å². The number of carbonyl (C=O) groups is 2. The lowest BCUT2D eigenvalue weighted by Gasteiger charge is -2.36. The van der Waals surface area contributed by atoms with Gasteiger partial charge in [0.15, 0.2) is 16.7 Å². The van der Waals surface area contributed by atoms with E-state index < -0.39 is 12.0 Å².